The predicted molar refractivity (Wildman–Crippen MR) is 72.6 cm³/mol. The van der Waals surface area contributed by atoms with E-state index in [2.05, 4.69) is 11.1 Å². The van der Waals surface area contributed by atoms with E-state index < -0.39 is 0 Å². The van der Waals surface area contributed by atoms with Crippen molar-refractivity contribution in [2.24, 2.45) is 0 Å². The third-order valence-electron chi connectivity index (χ3n) is 2.73. The molecule has 4 heteroatoms. The zero-order chi connectivity index (χ0) is 13.1. The fourth-order valence-electron chi connectivity index (χ4n) is 1.75. The molecule has 0 radical (unpaired) electrons. The molecule has 2 aromatic rings. The Bertz CT molecular complexity index is 596. The highest BCUT2D eigenvalue weighted by molar-refractivity contribution is 5.71. The molecule has 0 unspecified atom stereocenters. The number of anilines is 3. The maximum atomic E-state index is 8.76. The summed E-state index contributed by atoms with van der Waals surface area (Å²) in [5.41, 5.74) is 9.21. The summed E-state index contributed by atoms with van der Waals surface area (Å²) in [4.78, 5) is 6.23. The van der Waals surface area contributed by atoms with Crippen molar-refractivity contribution in [3.8, 4) is 6.07 Å². The monoisotopic (exact) mass is 238 g/mol. The number of nitrogens with zero attached hydrogens (tertiary/aromatic N) is 3. The van der Waals surface area contributed by atoms with Crippen molar-refractivity contribution in [3.05, 3.63) is 47.7 Å². The Morgan fingerprint density at radius 2 is 1.94 bits per heavy atom. The molecule has 0 fully saturated rings. The third kappa shape index (κ3) is 2.25. The minimum Gasteiger partial charge on any atom is -0.396 e. The zero-order valence-corrected chi connectivity index (χ0v) is 10.4. The Labute approximate surface area is 106 Å². The summed E-state index contributed by atoms with van der Waals surface area (Å²) in [6.07, 6.45) is 1.78. The number of hydrogen-bond acceptors (Lipinski definition) is 4. The van der Waals surface area contributed by atoms with Crippen LogP contribution in [0.5, 0.6) is 0 Å². The van der Waals surface area contributed by atoms with E-state index in [1.54, 1.807) is 18.3 Å². The van der Waals surface area contributed by atoms with Gasteiger partial charge < -0.3 is 10.6 Å². The van der Waals surface area contributed by atoms with Crippen molar-refractivity contribution >= 4 is 17.2 Å². The number of nitrogens with two attached hydrogens (primary N) is 1. The Balaban J connectivity index is 2.35. The molecule has 0 bridgehead atoms. The van der Waals surface area contributed by atoms with Crippen LogP contribution < -0.4 is 10.6 Å². The van der Waals surface area contributed by atoms with Crippen molar-refractivity contribution in [1.82, 2.24) is 4.98 Å². The molecular formula is C14H14N4. The van der Waals surface area contributed by atoms with E-state index in [4.69, 9.17) is 11.0 Å². The van der Waals surface area contributed by atoms with Gasteiger partial charge in [-0.15, -0.1) is 0 Å². The first-order valence-electron chi connectivity index (χ1n) is 5.58. The molecule has 0 spiro atoms. The second-order valence-electron chi connectivity index (χ2n) is 4.14. The van der Waals surface area contributed by atoms with Crippen molar-refractivity contribution in [2.75, 3.05) is 17.7 Å². The molecule has 0 atom stereocenters. The summed E-state index contributed by atoms with van der Waals surface area (Å²) in [7, 11) is 1.90. The van der Waals surface area contributed by atoms with Gasteiger partial charge in [0.1, 0.15) is 0 Å². The van der Waals surface area contributed by atoms with Crippen LogP contribution in [0.25, 0.3) is 0 Å². The lowest BCUT2D eigenvalue weighted by Gasteiger charge is -2.20. The van der Waals surface area contributed by atoms with Gasteiger partial charge in [-0.25, -0.2) is 4.98 Å². The number of nitrogen functional groups attached to an aromatic ring is 1. The lowest BCUT2D eigenvalue weighted by atomic mass is 10.2. The van der Waals surface area contributed by atoms with Crippen molar-refractivity contribution < 1.29 is 0 Å². The maximum absolute atomic E-state index is 8.76. The molecule has 0 aliphatic carbocycles. The second kappa shape index (κ2) is 4.76. The maximum Gasteiger partial charge on any atom is 0.155 e. The molecule has 18 heavy (non-hydrogen) atoms. The Morgan fingerprint density at radius 3 is 2.50 bits per heavy atom. The summed E-state index contributed by atoms with van der Waals surface area (Å²) in [5.74, 6) is 0.713. The molecule has 1 aromatic carbocycles. The summed E-state index contributed by atoms with van der Waals surface area (Å²) < 4.78 is 0. The fraction of sp³-hybridized carbons (Fsp3) is 0.143. The molecule has 0 saturated carbocycles. The first-order chi connectivity index (χ1) is 8.61. The fourth-order valence-corrected chi connectivity index (χ4v) is 1.75. The molecular weight excluding hydrogens is 224 g/mol. The molecule has 2 N–H and O–H groups in total. The molecule has 2 rings (SSSR count). The summed E-state index contributed by atoms with van der Waals surface area (Å²) in [5, 5.41) is 8.76. The van der Waals surface area contributed by atoms with E-state index in [0.29, 0.717) is 17.1 Å². The highest BCUT2D eigenvalue weighted by Crippen LogP contribution is 2.27. The van der Waals surface area contributed by atoms with Crippen LogP contribution in [-0.4, -0.2) is 12.0 Å². The molecule has 1 heterocycles. The van der Waals surface area contributed by atoms with Crippen LogP contribution in [0.15, 0.2) is 36.5 Å². The number of aryl methyl sites for hydroxylation is 1. The second-order valence-corrected chi connectivity index (χ2v) is 4.14. The van der Waals surface area contributed by atoms with Gasteiger partial charge in [-0.1, -0.05) is 0 Å². The molecule has 4 nitrogen and oxygen atoms in total. The number of benzene rings is 1. The first-order valence-corrected chi connectivity index (χ1v) is 5.58. The number of hydrogen-bond donors (Lipinski definition) is 1. The first kappa shape index (κ1) is 11.9. The molecule has 0 saturated heterocycles. The van der Waals surface area contributed by atoms with Crippen molar-refractivity contribution in [1.29, 1.82) is 5.26 Å². The van der Waals surface area contributed by atoms with Gasteiger partial charge in [0.15, 0.2) is 5.82 Å². The number of nitriles is 1. The van der Waals surface area contributed by atoms with Gasteiger partial charge >= 0.3 is 0 Å². The van der Waals surface area contributed by atoms with Crippen LogP contribution in [0.3, 0.4) is 0 Å². The van der Waals surface area contributed by atoms with E-state index in [9.17, 15) is 0 Å². The minimum absolute atomic E-state index is 0.636. The van der Waals surface area contributed by atoms with Gasteiger partial charge in [0.2, 0.25) is 0 Å². The van der Waals surface area contributed by atoms with Crippen molar-refractivity contribution in [3.63, 3.8) is 0 Å². The lowest BCUT2D eigenvalue weighted by Crippen LogP contribution is -2.13. The highest BCUT2D eigenvalue weighted by Gasteiger charge is 2.09. The molecule has 90 valence electrons. The van der Waals surface area contributed by atoms with Gasteiger partial charge in [0.05, 0.1) is 17.3 Å². The van der Waals surface area contributed by atoms with Gasteiger partial charge in [-0.05, 0) is 42.8 Å². The largest absolute Gasteiger partial charge is 0.396 e. The molecule has 1 aromatic heterocycles. The average molecular weight is 238 g/mol. The van der Waals surface area contributed by atoms with Crippen LogP contribution in [-0.2, 0) is 0 Å². The van der Waals surface area contributed by atoms with Crippen LogP contribution >= 0.6 is 0 Å². The lowest BCUT2D eigenvalue weighted by molar-refractivity contribution is 1.12. The van der Waals surface area contributed by atoms with Gasteiger partial charge in [-0.3, -0.25) is 0 Å². The molecule has 0 amide bonds. The summed E-state index contributed by atoms with van der Waals surface area (Å²) in [6, 6.07) is 11.3. The van der Waals surface area contributed by atoms with Gasteiger partial charge in [0, 0.05) is 18.9 Å². The van der Waals surface area contributed by atoms with Crippen molar-refractivity contribution in [2.45, 2.75) is 6.92 Å². The normalized spacial score (nSPS) is 9.83. The SMILES string of the molecule is Cc1cnc(N(C)c2ccc(C#N)cc2)c(N)c1. The number of aromatic nitrogens is 1. The Kier molecular flexibility index (Phi) is 3.16. The minimum atomic E-state index is 0.636. The number of pyridine rings is 1. The predicted octanol–water partition coefficient (Wildman–Crippen LogP) is 2.61. The molecule has 0 aliphatic heterocycles. The quantitative estimate of drug-likeness (QED) is 0.873. The standard InChI is InChI=1S/C14H14N4/c1-10-7-13(16)14(17-9-10)18(2)12-5-3-11(8-15)4-6-12/h3-7,9H,16H2,1-2H3. The smallest absolute Gasteiger partial charge is 0.155 e. The van der Waals surface area contributed by atoms with Gasteiger partial charge in [-0.2, -0.15) is 5.26 Å². The molecule has 0 aliphatic rings. The average Bonchev–Trinajstić information content (AvgIpc) is 2.38. The van der Waals surface area contributed by atoms with Crippen LogP contribution in [0.4, 0.5) is 17.2 Å². The van der Waals surface area contributed by atoms with E-state index >= 15 is 0 Å². The summed E-state index contributed by atoms with van der Waals surface area (Å²) in [6.45, 7) is 1.95. The van der Waals surface area contributed by atoms with Crippen LogP contribution in [0.2, 0.25) is 0 Å². The van der Waals surface area contributed by atoms with E-state index in [1.165, 1.54) is 0 Å². The zero-order valence-electron chi connectivity index (χ0n) is 10.4. The summed E-state index contributed by atoms with van der Waals surface area (Å²) >= 11 is 0. The Hall–Kier alpha value is -2.54. The van der Waals surface area contributed by atoms with Crippen LogP contribution in [0, 0.1) is 18.3 Å². The highest BCUT2D eigenvalue weighted by atomic mass is 15.2. The number of rotatable bonds is 2. The van der Waals surface area contributed by atoms with Crippen LogP contribution in [0.1, 0.15) is 11.1 Å². The van der Waals surface area contributed by atoms with E-state index in [1.807, 2.05) is 37.1 Å². The Morgan fingerprint density at radius 1 is 1.28 bits per heavy atom. The van der Waals surface area contributed by atoms with Gasteiger partial charge in [0.25, 0.3) is 0 Å². The third-order valence-corrected chi connectivity index (χ3v) is 2.73. The van der Waals surface area contributed by atoms with E-state index in [-0.39, 0.29) is 0 Å². The topological polar surface area (TPSA) is 65.9 Å². The van der Waals surface area contributed by atoms with E-state index in [0.717, 1.165) is 11.3 Å².